The van der Waals surface area contributed by atoms with Crippen molar-refractivity contribution in [2.45, 2.75) is 57.5 Å². The van der Waals surface area contributed by atoms with Gasteiger partial charge in [0.1, 0.15) is 11.0 Å². The Hall–Kier alpha value is -5.45. The molecule has 0 aromatic carbocycles. The maximum Gasteiger partial charge on any atom is 0.154 e. The minimum absolute atomic E-state index is 0.217. The lowest BCUT2D eigenvalue weighted by Crippen LogP contribution is -2.36. The third-order valence-corrected chi connectivity index (χ3v) is 11.4. The van der Waals surface area contributed by atoms with E-state index in [4.69, 9.17) is 26.8 Å². The number of halogens is 1. The van der Waals surface area contributed by atoms with Gasteiger partial charge >= 0.3 is 0 Å². The van der Waals surface area contributed by atoms with Gasteiger partial charge in [-0.1, -0.05) is 25.4 Å². The van der Waals surface area contributed by atoms with E-state index >= 15 is 0 Å². The van der Waals surface area contributed by atoms with Crippen LogP contribution in [0.1, 0.15) is 63.1 Å². The van der Waals surface area contributed by atoms with E-state index in [2.05, 4.69) is 92.1 Å². The van der Waals surface area contributed by atoms with Crippen LogP contribution in [0.25, 0.3) is 44.3 Å². The molecule has 15 nitrogen and oxygen atoms in total. The molecule has 0 bridgehead atoms. The summed E-state index contributed by atoms with van der Waals surface area (Å²) in [6.45, 7) is 10.2. The molecule has 7 aromatic rings. The molecular formula is C43H50ClN13O2. The number of likely N-dealkylation sites (tertiary alicyclic amines) is 2. The lowest BCUT2D eigenvalue weighted by molar-refractivity contribution is 0.145. The Bertz CT molecular complexity index is 2470. The average molecular weight is 816 g/mol. The Balaban J connectivity index is 0.000000172. The van der Waals surface area contributed by atoms with Gasteiger partial charge in [-0.15, -0.1) is 5.10 Å². The number of nitrogens with zero attached hydrogens (tertiary/aromatic N) is 12. The molecule has 3 N–H and O–H groups in total. The second kappa shape index (κ2) is 18.6. The van der Waals surface area contributed by atoms with Gasteiger partial charge in [0.2, 0.25) is 0 Å². The van der Waals surface area contributed by atoms with Crippen LogP contribution in [0.3, 0.4) is 0 Å². The highest BCUT2D eigenvalue weighted by atomic mass is 35.5. The summed E-state index contributed by atoms with van der Waals surface area (Å²) in [5.74, 6) is 1.75. The largest absolute Gasteiger partial charge is 0.395 e. The number of pyridine rings is 4. The van der Waals surface area contributed by atoms with Gasteiger partial charge in [0.05, 0.1) is 66.0 Å². The monoisotopic (exact) mass is 815 g/mol. The summed E-state index contributed by atoms with van der Waals surface area (Å²) in [5.41, 5.74) is 8.43. The Morgan fingerprint density at radius 2 is 1.19 bits per heavy atom. The second-order valence-electron chi connectivity index (χ2n) is 15.5. The average Bonchev–Trinajstić information content (AvgIpc) is 3.96. The molecule has 306 valence electrons. The molecule has 9 heterocycles. The Kier molecular flexibility index (Phi) is 12.7. The SMILES string of the molecule is CC(C)c1cnnc(Nc2ccc3ncc(-c4cnn(C5CCN(CCO)CC5)c4)cc3n2)c1.OCCN1CCC(n2cc(-c3cnc4ccc(Cl)nc4c3)cn2)CC1. The number of fused-ring (bicyclic) bond motifs is 2. The number of anilines is 2. The van der Waals surface area contributed by atoms with E-state index in [1.54, 1.807) is 12.3 Å². The van der Waals surface area contributed by atoms with Crippen molar-refractivity contribution in [1.82, 2.24) is 59.5 Å². The van der Waals surface area contributed by atoms with Crippen LogP contribution in [-0.2, 0) is 0 Å². The van der Waals surface area contributed by atoms with E-state index in [1.807, 2.05) is 55.1 Å². The molecule has 0 spiro atoms. The van der Waals surface area contributed by atoms with E-state index in [1.165, 1.54) is 0 Å². The molecule has 7 aromatic heterocycles. The molecule has 2 saturated heterocycles. The van der Waals surface area contributed by atoms with E-state index in [0.29, 0.717) is 34.8 Å². The molecule has 59 heavy (non-hydrogen) atoms. The quantitative estimate of drug-likeness (QED) is 0.120. The number of rotatable bonds is 11. The fraction of sp³-hybridized carbons (Fsp3) is 0.395. The first-order valence-electron chi connectivity index (χ1n) is 20.4. The second-order valence-corrected chi connectivity index (χ2v) is 15.9. The summed E-state index contributed by atoms with van der Waals surface area (Å²) in [6.07, 6.45) is 17.7. The minimum Gasteiger partial charge on any atom is -0.395 e. The van der Waals surface area contributed by atoms with Crippen molar-refractivity contribution >= 4 is 45.3 Å². The highest BCUT2D eigenvalue weighted by Gasteiger charge is 2.22. The molecule has 0 atom stereocenters. The summed E-state index contributed by atoms with van der Waals surface area (Å²) < 4.78 is 4.13. The van der Waals surface area contributed by atoms with Crippen LogP contribution in [0.15, 0.2) is 85.8 Å². The first-order valence-corrected chi connectivity index (χ1v) is 20.7. The van der Waals surface area contributed by atoms with Gasteiger partial charge in [0.25, 0.3) is 0 Å². The topological polar surface area (TPSA) is 172 Å². The van der Waals surface area contributed by atoms with Crippen LogP contribution < -0.4 is 5.32 Å². The molecule has 0 saturated carbocycles. The molecule has 0 unspecified atom stereocenters. The van der Waals surface area contributed by atoms with E-state index < -0.39 is 0 Å². The number of nitrogens with one attached hydrogen (secondary N) is 1. The van der Waals surface area contributed by atoms with Crippen LogP contribution in [0.2, 0.25) is 5.15 Å². The summed E-state index contributed by atoms with van der Waals surface area (Å²) in [6, 6.07) is 14.3. The number of β-amino-alcohol motifs (C(OH)–C–C–N with tert-alkyl or cyclic N) is 2. The van der Waals surface area contributed by atoms with Crippen LogP contribution in [-0.4, -0.2) is 122 Å². The van der Waals surface area contributed by atoms with Gasteiger partial charge in [0.15, 0.2) is 5.82 Å². The van der Waals surface area contributed by atoms with E-state index in [0.717, 1.165) is 115 Å². The van der Waals surface area contributed by atoms with Gasteiger partial charge in [-0.25, -0.2) is 9.97 Å². The predicted octanol–water partition coefficient (Wildman–Crippen LogP) is 6.56. The third-order valence-electron chi connectivity index (χ3n) is 11.2. The number of aromatic nitrogens is 10. The highest BCUT2D eigenvalue weighted by Crippen LogP contribution is 2.29. The maximum absolute atomic E-state index is 9.15. The summed E-state index contributed by atoms with van der Waals surface area (Å²) in [5, 5.41) is 39.4. The minimum atomic E-state index is 0.217. The number of hydrogen-bond donors (Lipinski definition) is 3. The van der Waals surface area contributed by atoms with Crippen molar-refractivity contribution in [2.24, 2.45) is 0 Å². The molecule has 9 rings (SSSR count). The van der Waals surface area contributed by atoms with Crippen molar-refractivity contribution in [3.05, 3.63) is 96.6 Å². The number of aliphatic hydroxyl groups is 2. The van der Waals surface area contributed by atoms with E-state index in [-0.39, 0.29) is 13.2 Å². The number of aliphatic hydroxyl groups excluding tert-OH is 2. The maximum atomic E-state index is 9.15. The number of piperidine rings is 2. The van der Waals surface area contributed by atoms with Crippen molar-refractivity contribution in [2.75, 3.05) is 57.8 Å². The van der Waals surface area contributed by atoms with Crippen LogP contribution in [0.4, 0.5) is 11.6 Å². The normalized spacial score (nSPS) is 15.8. The molecule has 0 amide bonds. The van der Waals surface area contributed by atoms with Gasteiger partial charge in [0, 0.05) is 86.3 Å². The van der Waals surface area contributed by atoms with Crippen molar-refractivity contribution in [3.63, 3.8) is 0 Å². The first kappa shape index (κ1) is 40.3. The van der Waals surface area contributed by atoms with Crippen LogP contribution in [0.5, 0.6) is 0 Å². The van der Waals surface area contributed by atoms with Crippen molar-refractivity contribution in [1.29, 1.82) is 0 Å². The molecule has 16 heteroatoms. The lowest BCUT2D eigenvalue weighted by atomic mass is 10.1. The zero-order valence-electron chi connectivity index (χ0n) is 33.4. The van der Waals surface area contributed by atoms with Gasteiger partial charge in [-0.05, 0) is 79.6 Å². The van der Waals surface area contributed by atoms with Crippen molar-refractivity contribution < 1.29 is 10.2 Å². The molecular weight excluding hydrogens is 766 g/mol. The molecule has 2 aliphatic heterocycles. The fourth-order valence-electron chi connectivity index (χ4n) is 7.73. The molecule has 2 aliphatic rings. The van der Waals surface area contributed by atoms with E-state index in [9.17, 15) is 0 Å². The highest BCUT2D eigenvalue weighted by molar-refractivity contribution is 6.29. The predicted molar refractivity (Wildman–Crippen MR) is 230 cm³/mol. The summed E-state index contributed by atoms with van der Waals surface area (Å²) >= 11 is 5.98. The smallest absolute Gasteiger partial charge is 0.154 e. The van der Waals surface area contributed by atoms with Crippen LogP contribution in [0, 0.1) is 0 Å². The summed E-state index contributed by atoms with van der Waals surface area (Å²) in [7, 11) is 0. The Labute approximate surface area is 348 Å². The third kappa shape index (κ3) is 9.89. The van der Waals surface area contributed by atoms with Crippen molar-refractivity contribution in [3.8, 4) is 22.3 Å². The van der Waals surface area contributed by atoms with Crippen LogP contribution >= 0.6 is 11.6 Å². The fourth-order valence-corrected chi connectivity index (χ4v) is 7.89. The first-order chi connectivity index (χ1) is 28.8. The van der Waals surface area contributed by atoms with Gasteiger partial charge < -0.3 is 25.3 Å². The standard InChI is InChI=1S/C25H30N8O.C18H20ClN5O/c1-17(2)18-12-25(31-27-14-18)30-24-4-3-22-23(29-24)11-19(13-26-22)20-15-28-33(16-20)21-5-7-32(8-6-21)9-10-34;19-18-2-1-16-17(22-18)9-13(10-20-16)14-11-21-24(12-14)15-3-5-23(6-4-15)7-8-25/h3-4,11-17,21,34H,5-10H2,1-2H3,(H,29,30,31);1-2,9-12,15,25H,3-8H2. The molecule has 0 aliphatic carbocycles. The zero-order chi connectivity index (χ0) is 40.7. The molecule has 0 radical (unpaired) electrons. The van der Waals surface area contributed by atoms with Gasteiger partial charge in [-0.3, -0.25) is 19.3 Å². The lowest BCUT2D eigenvalue weighted by Gasteiger charge is -2.31. The van der Waals surface area contributed by atoms with Gasteiger partial charge in [-0.2, -0.15) is 15.3 Å². The summed E-state index contributed by atoms with van der Waals surface area (Å²) in [4.78, 5) is 22.8. The zero-order valence-corrected chi connectivity index (χ0v) is 34.2. The Morgan fingerprint density at radius 1 is 0.644 bits per heavy atom. The Morgan fingerprint density at radius 3 is 1.73 bits per heavy atom. The number of hydrogen-bond acceptors (Lipinski definition) is 13. The molecule has 2 fully saturated rings.